The van der Waals surface area contributed by atoms with E-state index in [1.807, 2.05) is 55.4 Å². The summed E-state index contributed by atoms with van der Waals surface area (Å²) in [5, 5.41) is 6.60. The molecule has 1 saturated carbocycles. The molecular formula is C20H27N5OS. The summed E-state index contributed by atoms with van der Waals surface area (Å²) in [6, 6.07) is 12.5. The Balaban J connectivity index is 1.39. The molecule has 0 atom stereocenters. The van der Waals surface area contributed by atoms with Crippen LogP contribution in [0.4, 0.5) is 11.8 Å². The van der Waals surface area contributed by atoms with Crippen molar-refractivity contribution in [1.82, 2.24) is 15.3 Å². The maximum absolute atomic E-state index is 12.2. The summed E-state index contributed by atoms with van der Waals surface area (Å²) in [5.41, 5.74) is 0. The summed E-state index contributed by atoms with van der Waals surface area (Å²) in [4.78, 5) is 24.1. The number of rotatable bonds is 7. The second kappa shape index (κ2) is 9.60. The summed E-state index contributed by atoms with van der Waals surface area (Å²) in [6.07, 6.45) is 5.75. The molecule has 1 aromatic heterocycles. The van der Waals surface area contributed by atoms with E-state index in [0.717, 1.165) is 36.4 Å². The minimum atomic E-state index is 0.113. The zero-order valence-electron chi connectivity index (χ0n) is 15.9. The van der Waals surface area contributed by atoms with Crippen LogP contribution >= 0.6 is 11.8 Å². The van der Waals surface area contributed by atoms with Crippen LogP contribution in [0.3, 0.4) is 0 Å². The lowest BCUT2D eigenvalue weighted by molar-refractivity contribution is -0.119. The van der Waals surface area contributed by atoms with Crippen LogP contribution < -0.4 is 15.5 Å². The van der Waals surface area contributed by atoms with Crippen molar-refractivity contribution < 1.29 is 4.79 Å². The van der Waals surface area contributed by atoms with Crippen molar-refractivity contribution in [3.05, 3.63) is 42.6 Å². The fourth-order valence-electron chi connectivity index (χ4n) is 3.17. The largest absolute Gasteiger partial charge is 0.363 e. The third-order valence-corrected chi connectivity index (χ3v) is 5.65. The number of hydrogen-bond acceptors (Lipinski definition) is 6. The van der Waals surface area contributed by atoms with E-state index in [1.54, 1.807) is 18.0 Å². The summed E-state index contributed by atoms with van der Waals surface area (Å²) in [7, 11) is 3.94. The Kier molecular flexibility index (Phi) is 6.92. The van der Waals surface area contributed by atoms with E-state index < -0.39 is 0 Å². The summed E-state index contributed by atoms with van der Waals surface area (Å²) >= 11 is 1.58. The van der Waals surface area contributed by atoms with Crippen LogP contribution in [0.5, 0.6) is 0 Å². The number of anilines is 2. The number of thioether (sulfide) groups is 1. The van der Waals surface area contributed by atoms with E-state index in [0.29, 0.717) is 17.7 Å². The van der Waals surface area contributed by atoms with Gasteiger partial charge < -0.3 is 15.5 Å². The second-order valence-corrected chi connectivity index (χ2v) is 8.04. The molecule has 0 radical (unpaired) electrons. The first kappa shape index (κ1) is 19.5. The highest BCUT2D eigenvalue weighted by molar-refractivity contribution is 8.00. The lowest BCUT2D eigenvalue weighted by atomic mass is 9.91. The maximum atomic E-state index is 12.2. The Morgan fingerprint density at radius 1 is 1.11 bits per heavy atom. The number of carbonyl (C=O) groups is 1. The van der Waals surface area contributed by atoms with Gasteiger partial charge in [-0.25, -0.2) is 4.98 Å². The van der Waals surface area contributed by atoms with Gasteiger partial charge in [-0.15, -0.1) is 11.8 Å². The average molecular weight is 386 g/mol. The van der Waals surface area contributed by atoms with Crippen molar-refractivity contribution in [3.63, 3.8) is 0 Å². The number of amides is 1. The molecular weight excluding hydrogens is 358 g/mol. The molecule has 2 N–H and O–H groups in total. The first-order valence-electron chi connectivity index (χ1n) is 9.34. The lowest BCUT2D eigenvalue weighted by Gasteiger charge is -2.29. The van der Waals surface area contributed by atoms with E-state index in [9.17, 15) is 4.79 Å². The minimum absolute atomic E-state index is 0.113. The van der Waals surface area contributed by atoms with Crippen molar-refractivity contribution >= 4 is 29.4 Å². The Morgan fingerprint density at radius 3 is 2.52 bits per heavy atom. The smallest absolute Gasteiger partial charge is 0.230 e. The first-order valence-corrected chi connectivity index (χ1v) is 10.3. The standard InChI is InChI=1S/C20H27N5OS/c1-25(2)18-12-13-21-20(24-18)23-16-10-8-15(9-11-16)22-19(26)14-27-17-6-4-3-5-7-17/h3-7,12-13,15-16H,8-11,14H2,1-2H3,(H,22,26)(H,21,23,24). The number of nitrogens with zero attached hydrogens (tertiary/aromatic N) is 3. The quantitative estimate of drug-likeness (QED) is 0.714. The second-order valence-electron chi connectivity index (χ2n) is 7.00. The molecule has 1 amide bonds. The molecule has 0 bridgehead atoms. The van der Waals surface area contributed by atoms with E-state index in [-0.39, 0.29) is 11.9 Å². The molecule has 1 aliphatic rings. The molecule has 3 rings (SSSR count). The van der Waals surface area contributed by atoms with Gasteiger partial charge in [-0.1, -0.05) is 18.2 Å². The Morgan fingerprint density at radius 2 is 1.81 bits per heavy atom. The number of benzene rings is 1. The van der Waals surface area contributed by atoms with E-state index >= 15 is 0 Å². The number of carbonyl (C=O) groups excluding carboxylic acids is 1. The van der Waals surface area contributed by atoms with Crippen molar-refractivity contribution in [3.8, 4) is 0 Å². The summed E-state index contributed by atoms with van der Waals surface area (Å²) in [6.45, 7) is 0. The maximum Gasteiger partial charge on any atom is 0.230 e. The van der Waals surface area contributed by atoms with Crippen LogP contribution in [0.2, 0.25) is 0 Å². The van der Waals surface area contributed by atoms with Gasteiger partial charge in [0.2, 0.25) is 11.9 Å². The highest BCUT2D eigenvalue weighted by Gasteiger charge is 2.23. The van der Waals surface area contributed by atoms with Crippen LogP contribution in [-0.4, -0.2) is 47.8 Å². The molecule has 27 heavy (non-hydrogen) atoms. The fourth-order valence-corrected chi connectivity index (χ4v) is 3.90. The van der Waals surface area contributed by atoms with Crippen LogP contribution in [0.1, 0.15) is 25.7 Å². The first-order chi connectivity index (χ1) is 13.1. The molecule has 1 fully saturated rings. The van der Waals surface area contributed by atoms with Crippen LogP contribution in [0.25, 0.3) is 0 Å². The van der Waals surface area contributed by atoms with Crippen molar-refractivity contribution in [2.45, 2.75) is 42.7 Å². The Labute approximate surface area is 165 Å². The lowest BCUT2D eigenvalue weighted by Crippen LogP contribution is -2.41. The van der Waals surface area contributed by atoms with Gasteiger partial charge in [-0.05, 0) is 43.9 Å². The number of nitrogens with one attached hydrogen (secondary N) is 2. The highest BCUT2D eigenvalue weighted by atomic mass is 32.2. The number of aromatic nitrogens is 2. The molecule has 0 spiro atoms. The van der Waals surface area contributed by atoms with E-state index in [1.165, 1.54) is 0 Å². The van der Waals surface area contributed by atoms with Crippen molar-refractivity contribution in [1.29, 1.82) is 0 Å². The third-order valence-electron chi connectivity index (χ3n) is 4.64. The average Bonchev–Trinajstić information content (AvgIpc) is 2.69. The van der Waals surface area contributed by atoms with Gasteiger partial charge in [0.15, 0.2) is 0 Å². The molecule has 0 unspecified atom stereocenters. The molecule has 1 heterocycles. The van der Waals surface area contributed by atoms with Gasteiger partial charge in [0.05, 0.1) is 5.75 Å². The third kappa shape index (κ3) is 6.13. The minimum Gasteiger partial charge on any atom is -0.363 e. The number of hydrogen-bond donors (Lipinski definition) is 2. The highest BCUT2D eigenvalue weighted by Crippen LogP contribution is 2.22. The Hall–Kier alpha value is -2.28. The van der Waals surface area contributed by atoms with E-state index in [2.05, 4.69) is 20.6 Å². The monoisotopic (exact) mass is 385 g/mol. The van der Waals surface area contributed by atoms with Crippen molar-refractivity contribution in [2.75, 3.05) is 30.1 Å². The van der Waals surface area contributed by atoms with E-state index in [4.69, 9.17) is 0 Å². The predicted molar refractivity (Wildman–Crippen MR) is 111 cm³/mol. The molecule has 0 aliphatic heterocycles. The fraction of sp³-hybridized carbons (Fsp3) is 0.450. The molecule has 144 valence electrons. The predicted octanol–water partition coefficient (Wildman–Crippen LogP) is 3.17. The van der Waals surface area contributed by atoms with Crippen molar-refractivity contribution in [2.24, 2.45) is 0 Å². The normalized spacial score (nSPS) is 19.3. The van der Waals surface area contributed by atoms with Gasteiger partial charge in [0.1, 0.15) is 5.82 Å². The van der Waals surface area contributed by atoms with Gasteiger partial charge in [-0.3, -0.25) is 4.79 Å². The molecule has 7 heteroatoms. The zero-order valence-corrected chi connectivity index (χ0v) is 16.7. The zero-order chi connectivity index (χ0) is 19.1. The van der Waals surface area contributed by atoms with Crippen LogP contribution in [0, 0.1) is 0 Å². The molecule has 6 nitrogen and oxygen atoms in total. The molecule has 1 aromatic carbocycles. The van der Waals surface area contributed by atoms with Gasteiger partial charge in [0, 0.05) is 37.3 Å². The van der Waals surface area contributed by atoms with Gasteiger partial charge in [0.25, 0.3) is 0 Å². The Bertz CT molecular complexity index is 732. The molecule has 0 saturated heterocycles. The van der Waals surface area contributed by atoms with Crippen LogP contribution in [0.15, 0.2) is 47.5 Å². The summed E-state index contributed by atoms with van der Waals surface area (Å²) < 4.78 is 0. The molecule has 1 aliphatic carbocycles. The van der Waals surface area contributed by atoms with Gasteiger partial charge in [-0.2, -0.15) is 4.98 Å². The SMILES string of the molecule is CN(C)c1ccnc(NC2CCC(NC(=O)CSc3ccccc3)CC2)n1. The van der Waals surface area contributed by atoms with Crippen LogP contribution in [-0.2, 0) is 4.79 Å². The topological polar surface area (TPSA) is 70.2 Å². The summed E-state index contributed by atoms with van der Waals surface area (Å²) in [5.74, 6) is 2.15. The van der Waals surface area contributed by atoms with Gasteiger partial charge >= 0.3 is 0 Å². The molecule has 2 aromatic rings.